The molecule has 2 rings (SSSR count). The molecule has 2 aromatic heterocycles. The smallest absolute Gasteiger partial charge is 0.316 e. The van der Waals surface area contributed by atoms with Crippen molar-refractivity contribution < 1.29 is 9.53 Å². The number of hydrogen-bond donors (Lipinski definition) is 0. The molecule has 2 aromatic rings. The predicted molar refractivity (Wildman–Crippen MR) is 69.6 cm³/mol. The highest BCUT2D eigenvalue weighted by Gasteiger charge is 2.14. The fourth-order valence-electron chi connectivity index (χ4n) is 1.40. The zero-order valence-corrected chi connectivity index (χ0v) is 11.4. The van der Waals surface area contributed by atoms with Gasteiger partial charge in [-0.2, -0.15) is 5.26 Å². The summed E-state index contributed by atoms with van der Waals surface area (Å²) in [5.41, 5.74) is 1.64. The van der Waals surface area contributed by atoms with Crippen LogP contribution in [0.5, 0.6) is 0 Å². The van der Waals surface area contributed by atoms with Crippen molar-refractivity contribution in [2.24, 2.45) is 0 Å². The van der Waals surface area contributed by atoms with Crippen LogP contribution in [0.1, 0.15) is 10.4 Å². The molecule has 0 spiro atoms. The summed E-state index contributed by atoms with van der Waals surface area (Å²) in [5, 5.41) is 9.71. The lowest BCUT2D eigenvalue weighted by Gasteiger charge is -2.00. The normalized spacial score (nSPS) is 10.3. The van der Waals surface area contributed by atoms with Crippen molar-refractivity contribution in [3.05, 3.63) is 16.8 Å². The van der Waals surface area contributed by atoms with Crippen molar-refractivity contribution >= 4 is 39.3 Å². The average molecular weight is 279 g/mol. The number of esters is 1. The largest absolute Gasteiger partial charge is 0.468 e. The number of methoxy groups -OCH3 is 1. The maximum absolute atomic E-state index is 11.1. The number of thioether (sulfide) groups is 1. The molecule has 0 aliphatic heterocycles. The first-order valence-electron chi connectivity index (χ1n) is 5.01. The number of aromatic nitrogens is 2. The molecule has 0 saturated carbocycles. The number of aryl methyl sites for hydroxylation is 1. The molecule has 0 fully saturated rings. The molecule has 0 N–H and O–H groups in total. The lowest BCUT2D eigenvalue weighted by molar-refractivity contribution is -0.137. The molecule has 0 radical (unpaired) electrons. The Morgan fingerprint density at radius 2 is 2.39 bits per heavy atom. The van der Waals surface area contributed by atoms with Gasteiger partial charge in [-0.25, -0.2) is 9.97 Å². The molecular formula is C11H9N3O2S2. The van der Waals surface area contributed by atoms with Gasteiger partial charge >= 0.3 is 5.97 Å². The van der Waals surface area contributed by atoms with Crippen LogP contribution in [0.2, 0.25) is 0 Å². The number of carbonyl (C=O) groups is 1. The van der Waals surface area contributed by atoms with Crippen molar-refractivity contribution in [3.8, 4) is 6.07 Å². The minimum Gasteiger partial charge on any atom is -0.468 e. The molecule has 2 heterocycles. The molecule has 0 unspecified atom stereocenters. The van der Waals surface area contributed by atoms with Crippen LogP contribution in [0.15, 0.2) is 11.4 Å². The summed E-state index contributed by atoms with van der Waals surface area (Å²) < 4.78 is 5.43. The van der Waals surface area contributed by atoms with Crippen LogP contribution in [0.4, 0.5) is 0 Å². The van der Waals surface area contributed by atoms with E-state index < -0.39 is 0 Å². The van der Waals surface area contributed by atoms with Gasteiger partial charge in [-0.05, 0) is 6.92 Å². The molecule has 0 saturated heterocycles. The maximum atomic E-state index is 11.1. The first-order valence-corrected chi connectivity index (χ1v) is 6.81. The molecular weight excluding hydrogens is 270 g/mol. The van der Waals surface area contributed by atoms with Gasteiger partial charge in [0.25, 0.3) is 0 Å². The fraction of sp³-hybridized carbons (Fsp3) is 0.273. The number of ether oxygens (including phenoxy) is 1. The molecule has 0 bridgehead atoms. The standard InChI is InChI=1S/C11H9N3O2S2/c1-6-7(3-12)18-10-9(6)13-5-14-11(10)17-4-8(15)16-2/h5H,4H2,1-2H3. The van der Waals surface area contributed by atoms with Crippen LogP contribution in [-0.2, 0) is 9.53 Å². The van der Waals surface area contributed by atoms with Crippen molar-refractivity contribution in [1.29, 1.82) is 5.26 Å². The van der Waals surface area contributed by atoms with E-state index in [0.717, 1.165) is 15.8 Å². The van der Waals surface area contributed by atoms with Gasteiger partial charge in [0.15, 0.2) is 0 Å². The zero-order chi connectivity index (χ0) is 13.1. The second-order valence-electron chi connectivity index (χ2n) is 3.39. The van der Waals surface area contributed by atoms with E-state index in [1.54, 1.807) is 0 Å². The Balaban J connectivity index is 2.40. The van der Waals surface area contributed by atoms with Crippen LogP contribution < -0.4 is 0 Å². The Labute approximate surface area is 112 Å². The van der Waals surface area contributed by atoms with E-state index in [4.69, 9.17) is 5.26 Å². The van der Waals surface area contributed by atoms with Crippen LogP contribution in [-0.4, -0.2) is 28.8 Å². The lowest BCUT2D eigenvalue weighted by Crippen LogP contribution is -2.03. The molecule has 0 atom stereocenters. The fourth-order valence-corrected chi connectivity index (χ4v) is 3.36. The van der Waals surface area contributed by atoms with Crippen LogP contribution in [0.25, 0.3) is 10.2 Å². The number of carbonyl (C=O) groups excluding carboxylic acids is 1. The third kappa shape index (κ3) is 2.30. The average Bonchev–Trinajstić information content (AvgIpc) is 2.73. The Morgan fingerprint density at radius 1 is 1.61 bits per heavy atom. The number of nitrogens with zero attached hydrogens (tertiary/aromatic N) is 3. The highest BCUT2D eigenvalue weighted by molar-refractivity contribution is 8.00. The van der Waals surface area contributed by atoms with Gasteiger partial charge in [-0.15, -0.1) is 11.3 Å². The molecule has 0 aliphatic carbocycles. The lowest BCUT2D eigenvalue weighted by atomic mass is 10.2. The minimum absolute atomic E-state index is 0.196. The molecule has 7 heteroatoms. The molecule has 0 aliphatic rings. The van der Waals surface area contributed by atoms with Gasteiger partial charge in [0.1, 0.15) is 22.3 Å². The second kappa shape index (κ2) is 5.33. The van der Waals surface area contributed by atoms with E-state index in [1.165, 1.54) is 36.5 Å². The Bertz CT molecular complexity index is 646. The van der Waals surface area contributed by atoms with Crippen molar-refractivity contribution in [3.63, 3.8) is 0 Å². The van der Waals surface area contributed by atoms with E-state index in [0.29, 0.717) is 9.90 Å². The Hall–Kier alpha value is -1.65. The van der Waals surface area contributed by atoms with E-state index >= 15 is 0 Å². The Kier molecular flexibility index (Phi) is 3.79. The predicted octanol–water partition coefficient (Wildman–Crippen LogP) is 2.14. The quantitative estimate of drug-likeness (QED) is 0.487. The number of fused-ring (bicyclic) bond motifs is 1. The van der Waals surface area contributed by atoms with E-state index in [9.17, 15) is 4.79 Å². The third-order valence-corrected chi connectivity index (χ3v) is 4.61. The molecule has 0 amide bonds. The molecule has 0 aromatic carbocycles. The summed E-state index contributed by atoms with van der Waals surface area (Å²) in [6.07, 6.45) is 1.45. The first kappa shape index (κ1) is 12.8. The zero-order valence-electron chi connectivity index (χ0n) is 9.76. The topological polar surface area (TPSA) is 75.9 Å². The van der Waals surface area contributed by atoms with Crippen LogP contribution >= 0.6 is 23.1 Å². The van der Waals surface area contributed by atoms with E-state index in [-0.39, 0.29) is 11.7 Å². The SMILES string of the molecule is COC(=O)CSc1ncnc2c(C)c(C#N)sc12. The molecule has 92 valence electrons. The number of thiophene rings is 1. The molecule has 5 nitrogen and oxygen atoms in total. The summed E-state index contributed by atoms with van der Waals surface area (Å²) in [4.78, 5) is 20.1. The van der Waals surface area contributed by atoms with E-state index in [1.807, 2.05) is 6.92 Å². The van der Waals surface area contributed by atoms with Gasteiger partial charge in [-0.1, -0.05) is 11.8 Å². The highest BCUT2D eigenvalue weighted by Crippen LogP contribution is 2.34. The number of hydrogen-bond acceptors (Lipinski definition) is 7. The highest BCUT2D eigenvalue weighted by atomic mass is 32.2. The van der Waals surface area contributed by atoms with Crippen molar-refractivity contribution in [2.75, 3.05) is 12.9 Å². The summed E-state index contributed by atoms with van der Waals surface area (Å²) in [6, 6.07) is 2.14. The van der Waals surface area contributed by atoms with Gasteiger partial charge in [0.2, 0.25) is 0 Å². The third-order valence-electron chi connectivity index (χ3n) is 2.33. The monoisotopic (exact) mass is 279 g/mol. The maximum Gasteiger partial charge on any atom is 0.316 e. The molecule has 18 heavy (non-hydrogen) atoms. The van der Waals surface area contributed by atoms with Crippen molar-refractivity contribution in [2.45, 2.75) is 11.9 Å². The summed E-state index contributed by atoms with van der Waals surface area (Å²) in [7, 11) is 1.35. The van der Waals surface area contributed by atoms with Gasteiger partial charge in [0, 0.05) is 5.56 Å². The second-order valence-corrected chi connectivity index (χ2v) is 5.37. The van der Waals surface area contributed by atoms with Crippen molar-refractivity contribution in [1.82, 2.24) is 9.97 Å². The van der Waals surface area contributed by atoms with Crippen LogP contribution in [0, 0.1) is 18.3 Å². The Morgan fingerprint density at radius 3 is 3.06 bits per heavy atom. The van der Waals surface area contributed by atoms with Crippen LogP contribution in [0.3, 0.4) is 0 Å². The summed E-state index contributed by atoms with van der Waals surface area (Å²) >= 11 is 2.64. The number of rotatable bonds is 3. The van der Waals surface area contributed by atoms with Gasteiger partial charge in [0.05, 0.1) is 23.1 Å². The minimum atomic E-state index is -0.305. The van der Waals surface area contributed by atoms with Gasteiger partial charge in [-0.3, -0.25) is 4.79 Å². The summed E-state index contributed by atoms with van der Waals surface area (Å²) in [6.45, 7) is 1.86. The summed E-state index contributed by atoms with van der Waals surface area (Å²) in [5.74, 6) is -0.109. The first-order chi connectivity index (χ1) is 8.67. The van der Waals surface area contributed by atoms with E-state index in [2.05, 4.69) is 20.8 Å². The number of nitriles is 1. The van der Waals surface area contributed by atoms with Gasteiger partial charge < -0.3 is 4.74 Å².